The van der Waals surface area contributed by atoms with Crippen molar-refractivity contribution in [1.82, 2.24) is 4.90 Å². The molecule has 0 spiro atoms. The summed E-state index contributed by atoms with van der Waals surface area (Å²) in [6, 6.07) is 2.31. The van der Waals surface area contributed by atoms with Crippen LogP contribution in [0, 0.1) is 23.2 Å². The first-order chi connectivity index (χ1) is 8.33. The lowest BCUT2D eigenvalue weighted by Crippen LogP contribution is -2.37. The van der Waals surface area contributed by atoms with Gasteiger partial charge in [0.05, 0.1) is 6.07 Å². The molecule has 1 fully saturated rings. The van der Waals surface area contributed by atoms with Gasteiger partial charge in [0.25, 0.3) is 0 Å². The van der Waals surface area contributed by atoms with Crippen molar-refractivity contribution in [2.45, 2.75) is 52.6 Å². The second-order valence-electron chi connectivity index (χ2n) is 6.08. The van der Waals surface area contributed by atoms with Crippen molar-refractivity contribution >= 4 is 6.09 Å². The summed E-state index contributed by atoms with van der Waals surface area (Å²) in [5.41, 5.74) is -0.442. The van der Waals surface area contributed by atoms with Gasteiger partial charge in [0.15, 0.2) is 0 Å². The molecule has 0 aliphatic carbocycles. The summed E-state index contributed by atoms with van der Waals surface area (Å²) < 4.78 is 5.38. The van der Waals surface area contributed by atoms with E-state index < -0.39 is 5.60 Å². The number of nitrogens with zero attached hydrogens (tertiary/aromatic N) is 2. The number of likely N-dealkylation sites (tertiary alicyclic amines) is 1. The van der Waals surface area contributed by atoms with Crippen LogP contribution in [-0.4, -0.2) is 29.7 Å². The van der Waals surface area contributed by atoms with E-state index in [4.69, 9.17) is 10.00 Å². The molecule has 0 N–H and O–H groups in total. The summed E-state index contributed by atoms with van der Waals surface area (Å²) in [6.07, 6.45) is 2.64. The van der Waals surface area contributed by atoms with Gasteiger partial charge in [-0.15, -0.1) is 0 Å². The summed E-state index contributed by atoms with van der Waals surface area (Å²) in [5.74, 6) is 0.478. The molecule has 18 heavy (non-hydrogen) atoms. The van der Waals surface area contributed by atoms with Crippen LogP contribution in [0.25, 0.3) is 0 Å². The molecule has 1 aliphatic rings. The standard InChI is InChI=1S/C14H24N2O2/c1-11(10-15)12-6-5-8-16(9-7-12)13(17)18-14(2,3)4/h11-12H,5-9H2,1-4H3. The number of amides is 1. The molecule has 4 nitrogen and oxygen atoms in total. The lowest BCUT2D eigenvalue weighted by molar-refractivity contribution is 0.0254. The fourth-order valence-electron chi connectivity index (χ4n) is 2.24. The summed E-state index contributed by atoms with van der Waals surface area (Å²) in [4.78, 5) is 13.7. The first kappa shape index (κ1) is 14.8. The molecule has 2 unspecified atom stereocenters. The lowest BCUT2D eigenvalue weighted by atomic mass is 9.89. The van der Waals surface area contributed by atoms with Gasteiger partial charge < -0.3 is 9.64 Å². The van der Waals surface area contributed by atoms with Gasteiger partial charge in [-0.3, -0.25) is 0 Å². The second-order valence-corrected chi connectivity index (χ2v) is 6.08. The first-order valence-corrected chi connectivity index (χ1v) is 6.71. The van der Waals surface area contributed by atoms with Gasteiger partial charge >= 0.3 is 6.09 Å². The van der Waals surface area contributed by atoms with Crippen LogP contribution in [0.2, 0.25) is 0 Å². The van der Waals surface area contributed by atoms with E-state index in [0.717, 1.165) is 25.8 Å². The smallest absolute Gasteiger partial charge is 0.410 e. The van der Waals surface area contributed by atoms with Gasteiger partial charge in [0.1, 0.15) is 5.60 Å². The number of rotatable bonds is 1. The number of carbonyl (C=O) groups excluding carboxylic acids is 1. The third-order valence-electron chi connectivity index (χ3n) is 3.34. The topological polar surface area (TPSA) is 53.3 Å². The second kappa shape index (κ2) is 6.08. The van der Waals surface area contributed by atoms with Crippen molar-refractivity contribution in [3.05, 3.63) is 0 Å². The average Bonchev–Trinajstić information content (AvgIpc) is 2.51. The minimum atomic E-state index is -0.442. The highest BCUT2D eigenvalue weighted by atomic mass is 16.6. The highest BCUT2D eigenvalue weighted by Gasteiger charge is 2.26. The van der Waals surface area contributed by atoms with Gasteiger partial charge in [0.2, 0.25) is 0 Å². The molecule has 0 aromatic heterocycles. The molecular formula is C14H24N2O2. The minimum absolute atomic E-state index is 0.0728. The van der Waals surface area contributed by atoms with Crippen LogP contribution in [0.3, 0.4) is 0 Å². The van der Waals surface area contributed by atoms with E-state index in [1.807, 2.05) is 27.7 Å². The normalized spacial score (nSPS) is 22.8. The predicted molar refractivity (Wildman–Crippen MR) is 69.9 cm³/mol. The molecule has 0 aromatic rings. The number of ether oxygens (including phenoxy) is 1. The molecule has 0 bridgehead atoms. The van der Waals surface area contributed by atoms with Crippen LogP contribution in [0.4, 0.5) is 4.79 Å². The fourth-order valence-corrected chi connectivity index (χ4v) is 2.24. The van der Waals surface area contributed by atoms with Crippen molar-refractivity contribution in [3.8, 4) is 6.07 Å². The fraction of sp³-hybridized carbons (Fsp3) is 0.857. The molecule has 1 rings (SSSR count). The predicted octanol–water partition coefficient (Wildman–Crippen LogP) is 3.18. The molecule has 0 saturated carbocycles. The number of hydrogen-bond acceptors (Lipinski definition) is 3. The van der Waals surface area contributed by atoms with Crippen LogP contribution in [0.1, 0.15) is 47.0 Å². The Kier molecular flexibility index (Phi) is 5.01. The van der Waals surface area contributed by atoms with Gasteiger partial charge in [-0.1, -0.05) is 0 Å². The van der Waals surface area contributed by atoms with Crippen molar-refractivity contribution in [1.29, 1.82) is 5.26 Å². The Bertz CT molecular complexity index is 328. The summed E-state index contributed by atoms with van der Waals surface area (Å²) >= 11 is 0. The van der Waals surface area contributed by atoms with Crippen molar-refractivity contribution in [3.63, 3.8) is 0 Å². The Morgan fingerprint density at radius 2 is 2.06 bits per heavy atom. The van der Waals surface area contributed by atoms with Crippen LogP contribution in [0.15, 0.2) is 0 Å². The Labute approximate surface area is 110 Å². The SMILES string of the molecule is CC(C#N)C1CCCN(C(=O)OC(C)(C)C)CC1. The zero-order chi connectivity index (χ0) is 13.8. The summed E-state index contributed by atoms with van der Waals surface area (Å²) in [5, 5.41) is 8.95. The Morgan fingerprint density at radius 1 is 1.39 bits per heavy atom. The average molecular weight is 252 g/mol. The van der Waals surface area contributed by atoms with Crippen LogP contribution >= 0.6 is 0 Å². The molecule has 1 amide bonds. The van der Waals surface area contributed by atoms with E-state index in [1.54, 1.807) is 4.90 Å². The number of nitriles is 1. The zero-order valence-corrected chi connectivity index (χ0v) is 11.9. The molecule has 1 saturated heterocycles. The van der Waals surface area contributed by atoms with Crippen molar-refractivity contribution in [2.75, 3.05) is 13.1 Å². The molecule has 0 radical (unpaired) electrons. The van der Waals surface area contributed by atoms with Crippen molar-refractivity contribution < 1.29 is 9.53 Å². The largest absolute Gasteiger partial charge is 0.444 e. The van der Waals surface area contributed by atoms with Crippen LogP contribution in [-0.2, 0) is 4.74 Å². The maximum atomic E-state index is 12.0. The minimum Gasteiger partial charge on any atom is -0.444 e. The third kappa shape index (κ3) is 4.56. The molecular weight excluding hydrogens is 228 g/mol. The van der Waals surface area contributed by atoms with E-state index in [9.17, 15) is 4.79 Å². The number of hydrogen-bond donors (Lipinski definition) is 0. The monoisotopic (exact) mass is 252 g/mol. The highest BCUT2D eigenvalue weighted by molar-refractivity contribution is 5.68. The van der Waals surface area contributed by atoms with Crippen LogP contribution in [0.5, 0.6) is 0 Å². The van der Waals surface area contributed by atoms with Crippen molar-refractivity contribution in [2.24, 2.45) is 11.8 Å². The summed E-state index contributed by atoms with van der Waals surface area (Å²) in [7, 11) is 0. The highest BCUT2D eigenvalue weighted by Crippen LogP contribution is 2.25. The first-order valence-electron chi connectivity index (χ1n) is 6.71. The zero-order valence-electron chi connectivity index (χ0n) is 11.9. The molecule has 1 heterocycles. The summed E-state index contributed by atoms with van der Waals surface area (Å²) in [6.45, 7) is 9.04. The van der Waals surface area contributed by atoms with E-state index in [0.29, 0.717) is 12.5 Å². The van der Waals surface area contributed by atoms with Crippen LogP contribution < -0.4 is 0 Å². The third-order valence-corrected chi connectivity index (χ3v) is 3.34. The van der Waals surface area contributed by atoms with E-state index in [2.05, 4.69) is 6.07 Å². The van der Waals surface area contributed by atoms with E-state index in [1.165, 1.54) is 0 Å². The maximum absolute atomic E-state index is 12.0. The van der Waals surface area contributed by atoms with Gasteiger partial charge in [-0.25, -0.2) is 4.79 Å². The van der Waals surface area contributed by atoms with E-state index >= 15 is 0 Å². The van der Waals surface area contributed by atoms with Gasteiger partial charge in [-0.2, -0.15) is 5.26 Å². The van der Waals surface area contributed by atoms with Gasteiger partial charge in [-0.05, 0) is 52.9 Å². The quantitative estimate of drug-likeness (QED) is 0.720. The maximum Gasteiger partial charge on any atom is 0.410 e. The molecule has 0 aromatic carbocycles. The molecule has 102 valence electrons. The Hall–Kier alpha value is -1.24. The molecule has 1 aliphatic heterocycles. The Morgan fingerprint density at radius 3 is 2.61 bits per heavy atom. The Balaban J connectivity index is 2.52. The van der Waals surface area contributed by atoms with Gasteiger partial charge in [0, 0.05) is 19.0 Å². The number of carbonyl (C=O) groups is 1. The van der Waals surface area contributed by atoms with E-state index in [-0.39, 0.29) is 12.0 Å². The molecule has 2 atom stereocenters. The molecule has 4 heteroatoms. The lowest BCUT2D eigenvalue weighted by Gasteiger charge is -2.26.